The molecule has 9 heteroatoms. The van der Waals surface area contributed by atoms with Gasteiger partial charge in [0.15, 0.2) is 0 Å². The second-order valence-corrected chi connectivity index (χ2v) is 10.1. The summed E-state index contributed by atoms with van der Waals surface area (Å²) in [5.74, 6) is -0.159. The van der Waals surface area contributed by atoms with E-state index in [1.165, 1.54) is 8.99 Å². The van der Waals surface area contributed by atoms with Gasteiger partial charge in [0.05, 0.1) is 23.4 Å². The van der Waals surface area contributed by atoms with Gasteiger partial charge in [-0.3, -0.25) is 4.79 Å². The first-order valence-electron chi connectivity index (χ1n) is 9.53. The fourth-order valence-corrected chi connectivity index (χ4v) is 5.19. The number of aromatic nitrogens is 2. The first kappa shape index (κ1) is 18.9. The summed E-state index contributed by atoms with van der Waals surface area (Å²) in [6.45, 7) is 4.54. The molecule has 1 atom stereocenters. The molecule has 0 saturated heterocycles. The van der Waals surface area contributed by atoms with Gasteiger partial charge in [-0.15, -0.1) is 0 Å². The number of nitrogens with zero attached hydrogens (tertiary/aromatic N) is 3. The van der Waals surface area contributed by atoms with Gasteiger partial charge in [-0.1, -0.05) is 18.2 Å². The zero-order valence-electron chi connectivity index (χ0n) is 16.1. The number of sulfonamides is 1. The summed E-state index contributed by atoms with van der Waals surface area (Å²) < 4.78 is 27.7. The maximum absolute atomic E-state index is 13.2. The van der Waals surface area contributed by atoms with Crippen LogP contribution in [0.1, 0.15) is 47.8 Å². The number of nitrogens with one attached hydrogen (secondary N) is 1. The third-order valence-corrected chi connectivity index (χ3v) is 7.81. The van der Waals surface area contributed by atoms with E-state index in [1.807, 2.05) is 24.3 Å². The van der Waals surface area contributed by atoms with Gasteiger partial charge in [-0.2, -0.15) is 14.1 Å². The Morgan fingerprint density at radius 1 is 1.32 bits per heavy atom. The molecule has 1 aromatic heterocycles. The van der Waals surface area contributed by atoms with Crippen molar-refractivity contribution in [1.29, 1.82) is 0 Å². The summed E-state index contributed by atoms with van der Waals surface area (Å²) in [7, 11) is -3.38. The molecule has 2 aliphatic heterocycles. The highest BCUT2D eigenvalue weighted by Gasteiger charge is 2.35. The fourth-order valence-electron chi connectivity index (χ4n) is 3.95. The van der Waals surface area contributed by atoms with Crippen molar-refractivity contribution in [3.63, 3.8) is 0 Å². The number of carbonyl (C=O) groups is 1. The number of nitrogen functional groups attached to an aromatic ring is 1. The highest BCUT2D eigenvalue weighted by Crippen LogP contribution is 2.34. The van der Waals surface area contributed by atoms with Gasteiger partial charge in [-0.25, -0.2) is 8.42 Å². The molecule has 2 aliphatic rings. The van der Waals surface area contributed by atoms with Gasteiger partial charge in [0, 0.05) is 24.3 Å². The van der Waals surface area contributed by atoms with Crippen LogP contribution in [0.25, 0.3) is 0 Å². The van der Waals surface area contributed by atoms with Crippen molar-refractivity contribution in [2.45, 2.75) is 44.4 Å². The highest BCUT2D eigenvalue weighted by molar-refractivity contribution is 7.89. The van der Waals surface area contributed by atoms with Crippen LogP contribution in [0.4, 0.5) is 11.5 Å². The maximum atomic E-state index is 13.2. The van der Waals surface area contributed by atoms with Gasteiger partial charge in [0.1, 0.15) is 5.82 Å². The summed E-state index contributed by atoms with van der Waals surface area (Å²) >= 11 is 0. The number of carbonyl (C=O) groups excluding carboxylic acids is 1. The molecule has 0 amide bonds. The molecular weight excluding hydrogens is 378 g/mol. The Bertz CT molecular complexity index is 1030. The molecule has 4 rings (SSSR count). The third kappa shape index (κ3) is 2.98. The maximum Gasteiger partial charge on any atom is 0.256 e. The van der Waals surface area contributed by atoms with E-state index >= 15 is 0 Å². The first-order valence-corrected chi connectivity index (χ1v) is 11.0. The standard InChI is InChI=1S/C19H25N5O3S/c1-12(2)28(26,27)23-10-8-15-17(11-23)22-24(18(15)20)19(25)14-7-9-21-16-6-4-3-5-13(14)16/h3-6,12,14,21H,7-11,20H2,1-2H3. The minimum atomic E-state index is -3.38. The minimum absolute atomic E-state index is 0.156. The zero-order chi connectivity index (χ0) is 20.1. The normalized spacial score (nSPS) is 19.8. The molecule has 2 aromatic rings. The van der Waals surface area contributed by atoms with Gasteiger partial charge in [0.2, 0.25) is 10.0 Å². The van der Waals surface area contributed by atoms with Crippen LogP contribution >= 0.6 is 0 Å². The van der Waals surface area contributed by atoms with Gasteiger partial charge in [-0.05, 0) is 38.3 Å². The average Bonchev–Trinajstić information content (AvgIpc) is 3.03. The van der Waals surface area contributed by atoms with Crippen LogP contribution in [0.5, 0.6) is 0 Å². The monoisotopic (exact) mass is 403 g/mol. The Morgan fingerprint density at radius 3 is 2.82 bits per heavy atom. The van der Waals surface area contributed by atoms with E-state index in [0.717, 1.165) is 16.8 Å². The van der Waals surface area contributed by atoms with Crippen molar-refractivity contribution < 1.29 is 13.2 Å². The largest absolute Gasteiger partial charge is 0.385 e. The van der Waals surface area contributed by atoms with E-state index in [9.17, 15) is 13.2 Å². The quantitative estimate of drug-likeness (QED) is 0.809. The Labute approximate surface area is 164 Å². The molecule has 1 aromatic carbocycles. The molecule has 0 fully saturated rings. The Kier molecular flexibility index (Phi) is 4.67. The molecule has 8 nitrogen and oxygen atoms in total. The molecule has 0 bridgehead atoms. The van der Waals surface area contributed by atoms with E-state index in [0.29, 0.717) is 37.4 Å². The Hall–Kier alpha value is -2.39. The predicted molar refractivity (Wildman–Crippen MR) is 108 cm³/mol. The van der Waals surface area contributed by atoms with Crippen molar-refractivity contribution in [1.82, 2.24) is 14.1 Å². The van der Waals surface area contributed by atoms with Crippen LogP contribution < -0.4 is 11.1 Å². The van der Waals surface area contributed by atoms with Crippen molar-refractivity contribution in [3.8, 4) is 0 Å². The number of nitrogens with two attached hydrogens (primary N) is 1. The van der Waals surface area contributed by atoms with E-state index in [-0.39, 0.29) is 18.4 Å². The summed E-state index contributed by atoms with van der Waals surface area (Å²) in [6.07, 6.45) is 1.12. The molecule has 0 saturated carbocycles. The topological polar surface area (TPSA) is 110 Å². The SMILES string of the molecule is CC(C)S(=O)(=O)N1CCc2c(nn(C(=O)C3CCNc4ccccc43)c2N)C1. The van der Waals surface area contributed by atoms with Crippen LogP contribution in [-0.4, -0.2) is 46.8 Å². The van der Waals surface area contributed by atoms with E-state index < -0.39 is 15.3 Å². The number of hydrogen-bond acceptors (Lipinski definition) is 6. The number of benzene rings is 1. The summed E-state index contributed by atoms with van der Waals surface area (Å²) in [6, 6.07) is 7.75. The predicted octanol–water partition coefficient (Wildman–Crippen LogP) is 1.80. The number of fused-ring (bicyclic) bond motifs is 2. The first-order chi connectivity index (χ1) is 13.3. The van der Waals surface area contributed by atoms with E-state index in [1.54, 1.807) is 13.8 Å². The van der Waals surface area contributed by atoms with Crippen molar-refractivity contribution in [3.05, 3.63) is 41.1 Å². The molecule has 1 unspecified atom stereocenters. The van der Waals surface area contributed by atoms with Gasteiger partial charge >= 0.3 is 0 Å². The van der Waals surface area contributed by atoms with Gasteiger partial charge in [0.25, 0.3) is 5.91 Å². The average molecular weight is 404 g/mol. The second-order valence-electron chi connectivity index (χ2n) is 7.59. The number of para-hydroxylation sites is 1. The lowest BCUT2D eigenvalue weighted by atomic mass is 9.90. The number of rotatable bonds is 3. The smallest absolute Gasteiger partial charge is 0.256 e. The Morgan fingerprint density at radius 2 is 2.07 bits per heavy atom. The van der Waals surface area contributed by atoms with Gasteiger partial charge < -0.3 is 11.1 Å². The summed E-state index contributed by atoms with van der Waals surface area (Å²) in [5, 5.41) is 7.25. The fraction of sp³-hybridized carbons (Fsp3) is 0.474. The van der Waals surface area contributed by atoms with Crippen molar-refractivity contribution >= 4 is 27.4 Å². The molecule has 0 spiro atoms. The van der Waals surface area contributed by atoms with Crippen LogP contribution in [0.3, 0.4) is 0 Å². The van der Waals surface area contributed by atoms with Crippen molar-refractivity contribution in [2.75, 3.05) is 24.1 Å². The second kappa shape index (κ2) is 6.89. The molecule has 0 radical (unpaired) electrons. The summed E-state index contributed by atoms with van der Waals surface area (Å²) in [4.78, 5) is 13.2. The molecular formula is C19H25N5O3S. The highest BCUT2D eigenvalue weighted by atomic mass is 32.2. The van der Waals surface area contributed by atoms with Crippen LogP contribution in [0.15, 0.2) is 24.3 Å². The lowest BCUT2D eigenvalue weighted by Gasteiger charge is -2.27. The minimum Gasteiger partial charge on any atom is -0.385 e. The number of hydrogen-bond donors (Lipinski definition) is 2. The molecule has 28 heavy (non-hydrogen) atoms. The Balaban J connectivity index is 1.66. The third-order valence-electron chi connectivity index (χ3n) is 5.59. The van der Waals surface area contributed by atoms with E-state index in [4.69, 9.17) is 5.73 Å². The van der Waals surface area contributed by atoms with E-state index in [2.05, 4.69) is 10.4 Å². The van der Waals surface area contributed by atoms with Crippen LogP contribution in [0, 0.1) is 0 Å². The zero-order valence-corrected chi connectivity index (χ0v) is 16.9. The lowest BCUT2D eigenvalue weighted by Crippen LogP contribution is -2.39. The summed E-state index contributed by atoms with van der Waals surface area (Å²) in [5.41, 5.74) is 9.51. The molecule has 150 valence electrons. The van der Waals surface area contributed by atoms with Crippen molar-refractivity contribution in [2.24, 2.45) is 0 Å². The molecule has 0 aliphatic carbocycles. The molecule has 3 N–H and O–H groups in total. The van der Waals surface area contributed by atoms with Crippen LogP contribution in [-0.2, 0) is 23.0 Å². The van der Waals surface area contributed by atoms with Crippen LogP contribution in [0.2, 0.25) is 0 Å². The molecule has 3 heterocycles. The number of anilines is 2. The lowest BCUT2D eigenvalue weighted by molar-refractivity contribution is 0.0859.